The lowest BCUT2D eigenvalue weighted by atomic mass is 10.0. The molecular formula is C16H24O5. The molecule has 21 heavy (non-hydrogen) atoms. The highest BCUT2D eigenvalue weighted by molar-refractivity contribution is 5.75. The van der Waals surface area contributed by atoms with E-state index >= 15 is 0 Å². The normalized spacial score (nSPS) is 13.5. The molecule has 0 aromatic heterocycles. The van der Waals surface area contributed by atoms with Gasteiger partial charge in [0, 0.05) is 0 Å². The molecule has 2 atom stereocenters. The first kappa shape index (κ1) is 17.5. The molecule has 0 fully saturated rings. The molecule has 5 nitrogen and oxygen atoms in total. The van der Waals surface area contributed by atoms with Crippen LogP contribution in [0.15, 0.2) is 24.3 Å². The van der Waals surface area contributed by atoms with Gasteiger partial charge in [0.25, 0.3) is 0 Å². The highest BCUT2D eigenvalue weighted by Crippen LogP contribution is 2.21. The summed E-state index contributed by atoms with van der Waals surface area (Å²) in [6.45, 7) is 4.58. The van der Waals surface area contributed by atoms with Crippen molar-refractivity contribution >= 4 is 5.97 Å². The third kappa shape index (κ3) is 5.73. The zero-order chi connectivity index (χ0) is 15.7. The van der Waals surface area contributed by atoms with Gasteiger partial charge < -0.3 is 19.7 Å². The fraction of sp³-hybridized carbons (Fsp3) is 0.562. The molecule has 0 aliphatic carbocycles. The standard InChI is InChI=1S/C16H24O5/c1-3-5-6-11-21-13-9-7-12(8-10-13)14(17)15(18)16(19)20-4-2/h7-10,14-15,17-18H,3-6,11H2,1-2H3. The third-order valence-corrected chi connectivity index (χ3v) is 3.07. The minimum absolute atomic E-state index is 0.160. The van der Waals surface area contributed by atoms with E-state index in [9.17, 15) is 15.0 Å². The van der Waals surface area contributed by atoms with Gasteiger partial charge in [-0.05, 0) is 31.0 Å². The monoisotopic (exact) mass is 296 g/mol. The lowest BCUT2D eigenvalue weighted by Crippen LogP contribution is -2.29. The van der Waals surface area contributed by atoms with Gasteiger partial charge in [0.2, 0.25) is 0 Å². The first-order valence-electron chi connectivity index (χ1n) is 7.35. The Morgan fingerprint density at radius 2 is 1.81 bits per heavy atom. The molecule has 0 heterocycles. The number of benzene rings is 1. The molecule has 5 heteroatoms. The van der Waals surface area contributed by atoms with Crippen LogP contribution in [0.5, 0.6) is 5.75 Å². The topological polar surface area (TPSA) is 76.0 Å². The minimum atomic E-state index is -1.58. The van der Waals surface area contributed by atoms with Gasteiger partial charge in [-0.2, -0.15) is 0 Å². The molecule has 2 N–H and O–H groups in total. The smallest absolute Gasteiger partial charge is 0.338 e. The molecule has 0 spiro atoms. The van der Waals surface area contributed by atoms with Crippen molar-refractivity contribution in [3.63, 3.8) is 0 Å². The maximum absolute atomic E-state index is 11.4. The molecule has 1 aromatic carbocycles. The van der Waals surface area contributed by atoms with E-state index < -0.39 is 18.2 Å². The average Bonchev–Trinajstić information content (AvgIpc) is 2.51. The summed E-state index contributed by atoms with van der Waals surface area (Å²) in [4.78, 5) is 11.4. The summed E-state index contributed by atoms with van der Waals surface area (Å²) in [5.74, 6) is -0.127. The van der Waals surface area contributed by atoms with Crippen LogP contribution in [0.2, 0.25) is 0 Å². The van der Waals surface area contributed by atoms with Crippen LogP contribution in [0.1, 0.15) is 44.8 Å². The van der Waals surface area contributed by atoms with Crippen LogP contribution >= 0.6 is 0 Å². The molecule has 0 aliphatic rings. The molecule has 0 radical (unpaired) electrons. The summed E-state index contributed by atoms with van der Waals surface area (Å²) >= 11 is 0. The van der Waals surface area contributed by atoms with Crippen LogP contribution < -0.4 is 4.74 Å². The van der Waals surface area contributed by atoms with Crippen LogP contribution in [0.3, 0.4) is 0 Å². The summed E-state index contributed by atoms with van der Waals surface area (Å²) < 4.78 is 10.2. The lowest BCUT2D eigenvalue weighted by Gasteiger charge is -2.17. The van der Waals surface area contributed by atoms with Crippen LogP contribution in [0.25, 0.3) is 0 Å². The van der Waals surface area contributed by atoms with Crippen molar-refractivity contribution in [3.8, 4) is 5.75 Å². The van der Waals surface area contributed by atoms with E-state index in [0.717, 1.165) is 19.3 Å². The fourth-order valence-corrected chi connectivity index (χ4v) is 1.84. The summed E-state index contributed by atoms with van der Waals surface area (Å²) in [5.41, 5.74) is 0.441. The SMILES string of the molecule is CCCCCOc1ccc(C(O)C(O)C(=O)OCC)cc1. The van der Waals surface area contributed by atoms with Gasteiger partial charge >= 0.3 is 5.97 Å². The Kier molecular flexibility index (Phi) is 7.79. The Labute approximate surface area is 125 Å². The highest BCUT2D eigenvalue weighted by atomic mass is 16.5. The summed E-state index contributed by atoms with van der Waals surface area (Å²) in [7, 11) is 0. The highest BCUT2D eigenvalue weighted by Gasteiger charge is 2.26. The molecule has 0 amide bonds. The quantitative estimate of drug-likeness (QED) is 0.540. The lowest BCUT2D eigenvalue weighted by molar-refractivity contribution is -0.159. The van der Waals surface area contributed by atoms with Gasteiger partial charge in [-0.25, -0.2) is 4.79 Å². The first-order valence-corrected chi connectivity index (χ1v) is 7.35. The maximum Gasteiger partial charge on any atom is 0.338 e. The molecule has 0 aliphatic heterocycles. The van der Waals surface area contributed by atoms with E-state index in [1.165, 1.54) is 0 Å². The maximum atomic E-state index is 11.4. The minimum Gasteiger partial charge on any atom is -0.494 e. The number of unbranched alkanes of at least 4 members (excludes halogenated alkanes) is 2. The predicted octanol–water partition coefficient (Wildman–Crippen LogP) is 2.21. The van der Waals surface area contributed by atoms with E-state index in [1.54, 1.807) is 31.2 Å². The Morgan fingerprint density at radius 3 is 2.38 bits per heavy atom. The number of aliphatic hydroxyl groups is 2. The van der Waals surface area contributed by atoms with Crippen LogP contribution in [0.4, 0.5) is 0 Å². The van der Waals surface area contributed by atoms with Crippen molar-refractivity contribution < 1.29 is 24.5 Å². The van der Waals surface area contributed by atoms with Crippen molar-refractivity contribution in [2.75, 3.05) is 13.2 Å². The average molecular weight is 296 g/mol. The van der Waals surface area contributed by atoms with E-state index in [0.29, 0.717) is 17.9 Å². The van der Waals surface area contributed by atoms with Crippen molar-refractivity contribution in [1.82, 2.24) is 0 Å². The Bertz CT molecular complexity index is 415. The fourth-order valence-electron chi connectivity index (χ4n) is 1.84. The van der Waals surface area contributed by atoms with Gasteiger partial charge in [0.1, 0.15) is 11.9 Å². The van der Waals surface area contributed by atoms with Gasteiger partial charge in [0.05, 0.1) is 13.2 Å². The van der Waals surface area contributed by atoms with Gasteiger partial charge in [-0.15, -0.1) is 0 Å². The zero-order valence-electron chi connectivity index (χ0n) is 12.6. The summed E-state index contributed by atoms with van der Waals surface area (Å²) in [6.07, 6.45) is 0.380. The molecule has 1 rings (SSSR count). The number of hydrogen-bond acceptors (Lipinski definition) is 5. The number of rotatable bonds is 9. The third-order valence-electron chi connectivity index (χ3n) is 3.07. The predicted molar refractivity (Wildman–Crippen MR) is 79.1 cm³/mol. The van der Waals surface area contributed by atoms with E-state index in [-0.39, 0.29) is 6.61 Å². The number of carbonyl (C=O) groups is 1. The Morgan fingerprint density at radius 1 is 1.14 bits per heavy atom. The van der Waals surface area contributed by atoms with Gasteiger partial charge in [-0.1, -0.05) is 31.9 Å². The van der Waals surface area contributed by atoms with Crippen LogP contribution in [-0.4, -0.2) is 35.5 Å². The molecular weight excluding hydrogens is 272 g/mol. The Balaban J connectivity index is 2.54. The molecule has 0 bridgehead atoms. The number of carbonyl (C=O) groups excluding carboxylic acids is 1. The van der Waals surface area contributed by atoms with Gasteiger partial charge in [0.15, 0.2) is 6.10 Å². The number of aliphatic hydroxyl groups excluding tert-OH is 2. The van der Waals surface area contributed by atoms with E-state index in [2.05, 4.69) is 11.7 Å². The second-order valence-corrected chi connectivity index (χ2v) is 4.77. The van der Waals surface area contributed by atoms with Crippen molar-refractivity contribution in [2.24, 2.45) is 0 Å². The van der Waals surface area contributed by atoms with Crippen LogP contribution in [-0.2, 0) is 9.53 Å². The van der Waals surface area contributed by atoms with Crippen molar-refractivity contribution in [3.05, 3.63) is 29.8 Å². The zero-order valence-corrected chi connectivity index (χ0v) is 12.6. The van der Waals surface area contributed by atoms with E-state index in [4.69, 9.17) is 4.74 Å². The summed E-state index contributed by atoms with van der Waals surface area (Å²) in [6, 6.07) is 6.68. The van der Waals surface area contributed by atoms with Crippen LogP contribution in [0, 0.1) is 0 Å². The molecule has 1 aromatic rings. The second-order valence-electron chi connectivity index (χ2n) is 4.77. The molecule has 0 saturated carbocycles. The van der Waals surface area contributed by atoms with E-state index in [1.807, 2.05) is 0 Å². The summed E-state index contributed by atoms with van der Waals surface area (Å²) in [5, 5.41) is 19.6. The Hall–Kier alpha value is -1.59. The van der Waals surface area contributed by atoms with Crippen molar-refractivity contribution in [2.45, 2.75) is 45.3 Å². The largest absolute Gasteiger partial charge is 0.494 e. The van der Waals surface area contributed by atoms with Gasteiger partial charge in [-0.3, -0.25) is 0 Å². The number of esters is 1. The molecule has 118 valence electrons. The second kappa shape index (κ2) is 9.37. The molecule has 2 unspecified atom stereocenters. The van der Waals surface area contributed by atoms with Crippen molar-refractivity contribution in [1.29, 1.82) is 0 Å². The number of ether oxygens (including phenoxy) is 2. The molecule has 0 saturated heterocycles. The first-order chi connectivity index (χ1) is 10.1. The number of hydrogen-bond donors (Lipinski definition) is 2.